The van der Waals surface area contributed by atoms with Crippen molar-refractivity contribution in [3.05, 3.63) is 23.8 Å². The van der Waals surface area contributed by atoms with Crippen molar-refractivity contribution in [3.63, 3.8) is 0 Å². The molecule has 0 saturated carbocycles. The minimum Gasteiger partial charge on any atom is -0.497 e. The van der Waals surface area contributed by atoms with Crippen molar-refractivity contribution >= 4 is 23.4 Å². The molecular weight excluding hydrogens is 262 g/mol. The lowest BCUT2D eigenvalue weighted by Gasteiger charge is -2.12. The first-order chi connectivity index (χ1) is 9.42. The fourth-order valence-corrected chi connectivity index (χ4v) is 1.98. The molecule has 0 aromatic heterocycles. The number of anilines is 1. The van der Waals surface area contributed by atoms with Gasteiger partial charge >= 0.3 is 0 Å². The molecule has 0 aliphatic carbocycles. The summed E-state index contributed by atoms with van der Waals surface area (Å²) in [6, 6.07) is 3.74. The number of methoxy groups -OCH3 is 1. The number of nitrogens with two attached hydrogens (primary N) is 1. The maximum atomic E-state index is 12.1. The van der Waals surface area contributed by atoms with Crippen molar-refractivity contribution in [2.24, 2.45) is 0 Å². The zero-order chi connectivity index (χ0) is 14.9. The van der Waals surface area contributed by atoms with Crippen LogP contribution in [0.1, 0.15) is 16.8 Å². The van der Waals surface area contributed by atoms with Gasteiger partial charge in [0.1, 0.15) is 11.8 Å². The second-order valence-corrected chi connectivity index (χ2v) is 4.52. The van der Waals surface area contributed by atoms with E-state index in [2.05, 4.69) is 5.32 Å². The molecule has 1 unspecified atom stereocenters. The van der Waals surface area contributed by atoms with Gasteiger partial charge in [0.25, 0.3) is 11.8 Å². The predicted octanol–water partition coefficient (Wildman–Crippen LogP) is -0.236. The van der Waals surface area contributed by atoms with Crippen LogP contribution < -0.4 is 15.8 Å². The van der Waals surface area contributed by atoms with Crippen LogP contribution in [-0.2, 0) is 9.59 Å². The van der Waals surface area contributed by atoms with E-state index in [1.165, 1.54) is 26.3 Å². The molecule has 20 heavy (non-hydrogen) atoms. The second-order valence-electron chi connectivity index (χ2n) is 4.52. The Morgan fingerprint density at radius 2 is 2.10 bits per heavy atom. The Bertz CT molecular complexity index is 585. The Hall–Kier alpha value is -2.57. The van der Waals surface area contributed by atoms with Gasteiger partial charge in [-0.05, 0) is 12.1 Å². The van der Waals surface area contributed by atoms with Crippen LogP contribution in [0.15, 0.2) is 18.2 Å². The summed E-state index contributed by atoms with van der Waals surface area (Å²) < 4.78 is 5.02. The summed E-state index contributed by atoms with van der Waals surface area (Å²) in [5, 5.41) is 2.52. The molecule has 7 heteroatoms. The molecule has 1 aromatic carbocycles. The average Bonchev–Trinajstić information content (AvgIpc) is 2.65. The molecule has 0 spiro atoms. The number of carbonyl (C=O) groups excluding carboxylic acids is 3. The van der Waals surface area contributed by atoms with Crippen molar-refractivity contribution in [1.29, 1.82) is 0 Å². The number of nitrogen functional groups attached to an aromatic ring is 1. The van der Waals surface area contributed by atoms with E-state index >= 15 is 0 Å². The molecule has 3 amide bonds. The zero-order valence-electron chi connectivity index (χ0n) is 11.2. The topological polar surface area (TPSA) is 102 Å². The summed E-state index contributed by atoms with van der Waals surface area (Å²) in [4.78, 5) is 36.2. The highest BCUT2D eigenvalue weighted by atomic mass is 16.5. The fraction of sp³-hybridized carbons (Fsp3) is 0.308. The first-order valence-electron chi connectivity index (χ1n) is 5.98. The zero-order valence-corrected chi connectivity index (χ0v) is 11.2. The highest BCUT2D eigenvalue weighted by Crippen LogP contribution is 2.19. The largest absolute Gasteiger partial charge is 0.497 e. The third kappa shape index (κ3) is 2.56. The molecule has 1 saturated heterocycles. The third-order valence-electron chi connectivity index (χ3n) is 3.11. The average molecular weight is 277 g/mol. The van der Waals surface area contributed by atoms with Gasteiger partial charge in [-0.3, -0.25) is 19.3 Å². The minimum absolute atomic E-state index is 0.0273. The van der Waals surface area contributed by atoms with Crippen molar-refractivity contribution < 1.29 is 19.1 Å². The minimum atomic E-state index is -0.826. The molecule has 2 rings (SSSR count). The van der Waals surface area contributed by atoms with Crippen molar-refractivity contribution in [1.82, 2.24) is 10.2 Å². The molecular formula is C13H15N3O4. The maximum absolute atomic E-state index is 12.1. The van der Waals surface area contributed by atoms with Gasteiger partial charge in [0.05, 0.1) is 13.5 Å². The smallest absolute Gasteiger partial charge is 0.252 e. The van der Waals surface area contributed by atoms with Crippen molar-refractivity contribution in [2.45, 2.75) is 12.5 Å². The lowest BCUT2D eigenvalue weighted by Crippen LogP contribution is -2.40. The molecule has 7 nitrogen and oxygen atoms in total. The number of nitrogens with one attached hydrogen (secondary N) is 1. The number of benzene rings is 1. The Labute approximate surface area is 115 Å². The summed E-state index contributed by atoms with van der Waals surface area (Å²) in [5.41, 5.74) is 6.31. The van der Waals surface area contributed by atoms with Crippen LogP contribution in [0, 0.1) is 0 Å². The number of likely N-dealkylation sites (N-methyl/N-ethyl adjacent to an activating group) is 1. The fourth-order valence-electron chi connectivity index (χ4n) is 1.98. The Morgan fingerprint density at radius 1 is 1.40 bits per heavy atom. The molecule has 0 radical (unpaired) electrons. The van der Waals surface area contributed by atoms with E-state index in [4.69, 9.17) is 10.5 Å². The van der Waals surface area contributed by atoms with Crippen molar-refractivity contribution in [2.75, 3.05) is 19.9 Å². The van der Waals surface area contributed by atoms with Crippen LogP contribution in [0.3, 0.4) is 0 Å². The number of hydrogen-bond donors (Lipinski definition) is 2. The molecule has 1 fully saturated rings. The molecule has 1 atom stereocenters. The number of hydrogen-bond acceptors (Lipinski definition) is 5. The van der Waals surface area contributed by atoms with Crippen LogP contribution in [-0.4, -0.2) is 42.8 Å². The van der Waals surface area contributed by atoms with Gasteiger partial charge in [-0.15, -0.1) is 0 Å². The van der Waals surface area contributed by atoms with E-state index in [1.807, 2.05) is 0 Å². The SMILES string of the molecule is COc1cc(N)cc(C(=O)NC2CC(=O)N(C)C2=O)c1. The van der Waals surface area contributed by atoms with E-state index < -0.39 is 17.9 Å². The molecule has 106 valence electrons. The van der Waals surface area contributed by atoms with Crippen LogP contribution in [0.25, 0.3) is 0 Å². The summed E-state index contributed by atoms with van der Waals surface area (Å²) in [6.07, 6.45) is -0.0273. The number of nitrogens with zero attached hydrogens (tertiary/aromatic N) is 1. The van der Waals surface area contributed by atoms with Crippen LogP contribution >= 0.6 is 0 Å². The molecule has 1 aliphatic rings. The van der Waals surface area contributed by atoms with Crippen LogP contribution in [0.2, 0.25) is 0 Å². The highest BCUT2D eigenvalue weighted by molar-refractivity contribution is 6.08. The van der Waals surface area contributed by atoms with Gasteiger partial charge in [0.15, 0.2) is 0 Å². The van der Waals surface area contributed by atoms with E-state index in [1.54, 1.807) is 6.07 Å². The number of imide groups is 1. The lowest BCUT2D eigenvalue weighted by molar-refractivity contribution is -0.137. The molecule has 1 heterocycles. The second kappa shape index (κ2) is 5.20. The maximum Gasteiger partial charge on any atom is 0.252 e. The van der Waals surface area contributed by atoms with E-state index in [9.17, 15) is 14.4 Å². The highest BCUT2D eigenvalue weighted by Gasteiger charge is 2.37. The number of likely N-dealkylation sites (tertiary alicyclic amines) is 1. The first kappa shape index (κ1) is 13.9. The number of rotatable bonds is 3. The van der Waals surface area contributed by atoms with Crippen LogP contribution in [0.4, 0.5) is 5.69 Å². The van der Waals surface area contributed by atoms with E-state index in [-0.39, 0.29) is 17.9 Å². The summed E-state index contributed by atoms with van der Waals surface area (Å²) in [5.74, 6) is -0.761. The number of amides is 3. The normalized spacial score (nSPS) is 18.3. The monoisotopic (exact) mass is 277 g/mol. The predicted molar refractivity (Wildman–Crippen MR) is 71.1 cm³/mol. The molecule has 1 aliphatic heterocycles. The summed E-state index contributed by atoms with van der Waals surface area (Å²) >= 11 is 0. The Balaban J connectivity index is 2.15. The van der Waals surface area contributed by atoms with Gasteiger partial charge in [-0.2, -0.15) is 0 Å². The molecule has 1 aromatic rings. The van der Waals surface area contributed by atoms with Crippen molar-refractivity contribution in [3.8, 4) is 5.75 Å². The number of carbonyl (C=O) groups is 3. The first-order valence-corrected chi connectivity index (χ1v) is 5.98. The van der Waals surface area contributed by atoms with Gasteiger partial charge in [0, 0.05) is 24.4 Å². The Morgan fingerprint density at radius 3 is 2.65 bits per heavy atom. The van der Waals surface area contributed by atoms with Gasteiger partial charge in [-0.25, -0.2) is 0 Å². The lowest BCUT2D eigenvalue weighted by atomic mass is 10.1. The van der Waals surface area contributed by atoms with E-state index in [0.717, 1.165) is 4.90 Å². The quantitative estimate of drug-likeness (QED) is 0.586. The van der Waals surface area contributed by atoms with Crippen LogP contribution in [0.5, 0.6) is 5.75 Å². The van der Waals surface area contributed by atoms with Gasteiger partial charge in [-0.1, -0.05) is 0 Å². The summed E-state index contributed by atoms with van der Waals surface area (Å²) in [7, 11) is 2.85. The number of ether oxygens (including phenoxy) is 1. The van der Waals surface area contributed by atoms with Gasteiger partial charge < -0.3 is 15.8 Å². The Kier molecular flexibility index (Phi) is 3.60. The molecule has 3 N–H and O–H groups in total. The van der Waals surface area contributed by atoms with E-state index in [0.29, 0.717) is 11.4 Å². The summed E-state index contributed by atoms with van der Waals surface area (Å²) in [6.45, 7) is 0. The molecule has 0 bridgehead atoms. The van der Waals surface area contributed by atoms with Gasteiger partial charge in [0.2, 0.25) is 5.91 Å². The third-order valence-corrected chi connectivity index (χ3v) is 3.11. The standard InChI is InChI=1S/C13H15N3O4/c1-16-11(17)6-10(13(16)19)15-12(18)7-3-8(14)5-9(4-7)20-2/h3-5,10H,6,14H2,1-2H3,(H,15,18).